The van der Waals surface area contributed by atoms with Gasteiger partial charge in [0.2, 0.25) is 0 Å². The van der Waals surface area contributed by atoms with Gasteiger partial charge in [-0.05, 0) is 48.9 Å². The topological polar surface area (TPSA) is 12.0 Å². The SMILES string of the molecule is CCC(C)CNC(c1ccc(F)cc1)C1CC1. The van der Waals surface area contributed by atoms with Crippen molar-refractivity contribution in [1.29, 1.82) is 0 Å². The van der Waals surface area contributed by atoms with E-state index in [4.69, 9.17) is 0 Å². The largest absolute Gasteiger partial charge is 0.309 e. The van der Waals surface area contributed by atoms with Gasteiger partial charge in [-0.15, -0.1) is 0 Å². The maximum Gasteiger partial charge on any atom is 0.123 e. The molecule has 1 aliphatic rings. The maximum atomic E-state index is 12.9. The normalized spacial score (nSPS) is 19.0. The molecular formula is C15H22FN. The molecule has 94 valence electrons. The van der Waals surface area contributed by atoms with E-state index >= 15 is 0 Å². The van der Waals surface area contributed by atoms with Crippen LogP contribution in [0.15, 0.2) is 24.3 Å². The third-order valence-corrected chi connectivity index (χ3v) is 3.71. The Kier molecular flexibility index (Phi) is 4.16. The van der Waals surface area contributed by atoms with Crippen molar-refractivity contribution in [3.8, 4) is 0 Å². The second-order valence-electron chi connectivity index (χ2n) is 5.29. The summed E-state index contributed by atoms with van der Waals surface area (Å²) in [7, 11) is 0. The zero-order valence-electron chi connectivity index (χ0n) is 10.7. The highest BCUT2D eigenvalue weighted by Gasteiger charge is 2.31. The van der Waals surface area contributed by atoms with Crippen molar-refractivity contribution in [3.05, 3.63) is 35.6 Å². The van der Waals surface area contributed by atoms with Crippen LogP contribution in [0.1, 0.15) is 44.7 Å². The Balaban J connectivity index is 1.99. The number of hydrogen-bond donors (Lipinski definition) is 1. The smallest absolute Gasteiger partial charge is 0.123 e. The van der Waals surface area contributed by atoms with Crippen LogP contribution in [0.25, 0.3) is 0 Å². The molecule has 17 heavy (non-hydrogen) atoms. The molecule has 0 heterocycles. The summed E-state index contributed by atoms with van der Waals surface area (Å²) in [4.78, 5) is 0. The molecule has 1 nitrogen and oxygen atoms in total. The molecule has 1 saturated carbocycles. The van der Waals surface area contributed by atoms with E-state index in [2.05, 4.69) is 19.2 Å². The lowest BCUT2D eigenvalue weighted by Gasteiger charge is -2.21. The fourth-order valence-electron chi connectivity index (χ4n) is 2.13. The molecule has 1 aromatic rings. The Hall–Kier alpha value is -0.890. The van der Waals surface area contributed by atoms with Crippen LogP contribution in [-0.2, 0) is 0 Å². The molecule has 0 amide bonds. The van der Waals surface area contributed by atoms with Gasteiger partial charge in [0, 0.05) is 6.04 Å². The monoisotopic (exact) mass is 235 g/mol. The third kappa shape index (κ3) is 3.53. The first-order valence-electron chi connectivity index (χ1n) is 6.69. The fraction of sp³-hybridized carbons (Fsp3) is 0.600. The third-order valence-electron chi connectivity index (χ3n) is 3.71. The highest BCUT2D eigenvalue weighted by atomic mass is 19.1. The highest BCUT2D eigenvalue weighted by molar-refractivity contribution is 5.22. The van der Waals surface area contributed by atoms with Gasteiger partial charge in [-0.1, -0.05) is 32.4 Å². The Labute approximate surface area is 103 Å². The van der Waals surface area contributed by atoms with E-state index < -0.39 is 0 Å². The lowest BCUT2D eigenvalue weighted by molar-refractivity contribution is 0.417. The lowest BCUT2D eigenvalue weighted by Crippen LogP contribution is -2.27. The summed E-state index contributed by atoms with van der Waals surface area (Å²) < 4.78 is 12.9. The van der Waals surface area contributed by atoms with Gasteiger partial charge in [0.1, 0.15) is 5.82 Å². The number of rotatable bonds is 6. The summed E-state index contributed by atoms with van der Waals surface area (Å²) in [5.74, 6) is 1.31. The van der Waals surface area contributed by atoms with Crippen LogP contribution in [0.3, 0.4) is 0 Å². The van der Waals surface area contributed by atoms with E-state index in [1.807, 2.05) is 12.1 Å². The molecule has 1 aromatic carbocycles. The van der Waals surface area contributed by atoms with E-state index in [1.54, 1.807) is 12.1 Å². The van der Waals surface area contributed by atoms with Gasteiger partial charge >= 0.3 is 0 Å². The molecule has 1 fully saturated rings. The lowest BCUT2D eigenvalue weighted by atomic mass is 10.0. The molecule has 1 N–H and O–H groups in total. The van der Waals surface area contributed by atoms with Gasteiger partial charge < -0.3 is 5.32 Å². The van der Waals surface area contributed by atoms with Crippen LogP contribution < -0.4 is 5.32 Å². The van der Waals surface area contributed by atoms with Gasteiger partial charge in [0.25, 0.3) is 0 Å². The summed E-state index contributed by atoms with van der Waals surface area (Å²) in [6.45, 7) is 5.53. The van der Waals surface area contributed by atoms with E-state index in [0.717, 1.165) is 12.5 Å². The van der Waals surface area contributed by atoms with Gasteiger partial charge in [0.15, 0.2) is 0 Å². The van der Waals surface area contributed by atoms with Crippen molar-refractivity contribution < 1.29 is 4.39 Å². The molecule has 2 atom stereocenters. The summed E-state index contributed by atoms with van der Waals surface area (Å²) in [5, 5.41) is 3.65. The minimum absolute atomic E-state index is 0.148. The zero-order valence-corrected chi connectivity index (χ0v) is 10.7. The molecule has 0 aromatic heterocycles. The minimum atomic E-state index is -0.148. The molecular weight excluding hydrogens is 213 g/mol. The van der Waals surface area contributed by atoms with Crippen LogP contribution in [0.4, 0.5) is 4.39 Å². The van der Waals surface area contributed by atoms with Gasteiger partial charge in [-0.3, -0.25) is 0 Å². The summed E-state index contributed by atoms with van der Waals surface area (Å²) in [6, 6.07) is 7.39. The van der Waals surface area contributed by atoms with Gasteiger partial charge in [-0.25, -0.2) is 4.39 Å². The summed E-state index contributed by atoms with van der Waals surface area (Å²) in [5.41, 5.74) is 1.23. The first kappa shape index (κ1) is 12.6. The molecule has 2 unspecified atom stereocenters. The predicted octanol–water partition coefficient (Wildman–Crippen LogP) is 3.91. The maximum absolute atomic E-state index is 12.9. The van der Waals surface area contributed by atoms with Crippen LogP contribution >= 0.6 is 0 Å². The Morgan fingerprint density at radius 1 is 1.29 bits per heavy atom. The Morgan fingerprint density at radius 2 is 1.94 bits per heavy atom. The number of benzene rings is 1. The number of hydrogen-bond acceptors (Lipinski definition) is 1. The molecule has 2 rings (SSSR count). The van der Waals surface area contributed by atoms with Crippen LogP contribution in [0.5, 0.6) is 0 Å². The molecule has 0 radical (unpaired) electrons. The molecule has 0 spiro atoms. The Morgan fingerprint density at radius 3 is 2.47 bits per heavy atom. The van der Waals surface area contributed by atoms with E-state index in [9.17, 15) is 4.39 Å². The molecule has 0 saturated heterocycles. The highest BCUT2D eigenvalue weighted by Crippen LogP contribution is 2.41. The minimum Gasteiger partial charge on any atom is -0.309 e. The second kappa shape index (κ2) is 5.63. The first-order valence-corrected chi connectivity index (χ1v) is 6.69. The standard InChI is InChI=1S/C15H22FN/c1-3-11(2)10-17-15(12-4-5-12)13-6-8-14(16)9-7-13/h6-9,11-12,15,17H,3-5,10H2,1-2H3. The van der Waals surface area contributed by atoms with E-state index in [-0.39, 0.29) is 5.82 Å². The summed E-state index contributed by atoms with van der Waals surface area (Å²) >= 11 is 0. The Bertz CT molecular complexity index is 342. The average Bonchev–Trinajstić information content (AvgIpc) is 3.15. The fourth-order valence-corrected chi connectivity index (χ4v) is 2.13. The van der Waals surface area contributed by atoms with Crippen LogP contribution in [0, 0.1) is 17.7 Å². The number of nitrogens with one attached hydrogen (secondary N) is 1. The molecule has 0 aliphatic heterocycles. The summed E-state index contributed by atoms with van der Waals surface area (Å²) in [6.07, 6.45) is 3.80. The predicted molar refractivity (Wildman–Crippen MR) is 69.3 cm³/mol. The van der Waals surface area contributed by atoms with Crippen molar-refractivity contribution >= 4 is 0 Å². The van der Waals surface area contributed by atoms with Crippen molar-refractivity contribution in [3.63, 3.8) is 0 Å². The second-order valence-corrected chi connectivity index (χ2v) is 5.29. The average molecular weight is 235 g/mol. The van der Waals surface area contributed by atoms with Crippen LogP contribution in [-0.4, -0.2) is 6.54 Å². The van der Waals surface area contributed by atoms with Crippen molar-refractivity contribution in [2.75, 3.05) is 6.54 Å². The van der Waals surface area contributed by atoms with E-state index in [1.165, 1.54) is 24.8 Å². The molecule has 0 bridgehead atoms. The quantitative estimate of drug-likeness (QED) is 0.788. The first-order chi connectivity index (χ1) is 8.20. The van der Waals surface area contributed by atoms with E-state index in [0.29, 0.717) is 12.0 Å². The van der Waals surface area contributed by atoms with Gasteiger partial charge in [0.05, 0.1) is 0 Å². The van der Waals surface area contributed by atoms with Crippen molar-refractivity contribution in [2.24, 2.45) is 11.8 Å². The van der Waals surface area contributed by atoms with Crippen molar-refractivity contribution in [2.45, 2.75) is 39.2 Å². The van der Waals surface area contributed by atoms with Gasteiger partial charge in [-0.2, -0.15) is 0 Å². The molecule has 1 aliphatic carbocycles. The van der Waals surface area contributed by atoms with Crippen molar-refractivity contribution in [1.82, 2.24) is 5.32 Å². The number of halogens is 1. The molecule has 2 heteroatoms. The van der Waals surface area contributed by atoms with Crippen LogP contribution in [0.2, 0.25) is 0 Å². The zero-order chi connectivity index (χ0) is 12.3.